The molecule has 0 radical (unpaired) electrons. The number of anilines is 1. The minimum atomic E-state index is -0.215. The molecule has 1 aromatic heterocycles. The fourth-order valence-corrected chi connectivity index (χ4v) is 2.96. The molecule has 1 atom stereocenters. The minimum absolute atomic E-state index is 0.215. The number of amides is 1. The van der Waals surface area contributed by atoms with E-state index in [-0.39, 0.29) is 5.91 Å². The summed E-state index contributed by atoms with van der Waals surface area (Å²) in [6, 6.07) is 12.6. The van der Waals surface area contributed by atoms with Crippen molar-refractivity contribution in [1.29, 1.82) is 0 Å². The van der Waals surface area contributed by atoms with Gasteiger partial charge in [-0.3, -0.25) is 4.79 Å². The van der Waals surface area contributed by atoms with Crippen LogP contribution in [-0.2, 0) is 12.8 Å². The molecule has 3 rings (SSSR count). The Bertz CT molecular complexity index is 669. The van der Waals surface area contributed by atoms with Crippen LogP contribution in [0.5, 0.6) is 0 Å². The van der Waals surface area contributed by atoms with Crippen LogP contribution < -0.4 is 10.2 Å². The maximum Gasteiger partial charge on any atom is 0.271 e. The maximum atomic E-state index is 11.5. The molecule has 1 amide bonds. The molecule has 2 aromatic rings. The zero-order valence-electron chi connectivity index (χ0n) is 12.9. The van der Waals surface area contributed by atoms with Crippen LogP contribution in [-0.4, -0.2) is 36.2 Å². The summed E-state index contributed by atoms with van der Waals surface area (Å²) in [6.45, 7) is 0. The van der Waals surface area contributed by atoms with Crippen LogP contribution in [0.25, 0.3) is 0 Å². The first-order valence-corrected chi connectivity index (χ1v) is 7.54. The van der Waals surface area contributed by atoms with Crippen molar-refractivity contribution in [2.24, 2.45) is 0 Å². The Balaban J connectivity index is 1.74. The number of carbonyl (C=O) groups excluding carboxylic acids is 1. The molecule has 0 saturated carbocycles. The second-order valence-corrected chi connectivity index (χ2v) is 5.63. The van der Waals surface area contributed by atoms with Gasteiger partial charge in [-0.15, -0.1) is 10.2 Å². The fourth-order valence-electron chi connectivity index (χ4n) is 2.96. The number of rotatable bonds is 3. The minimum Gasteiger partial charge on any atom is -0.355 e. The van der Waals surface area contributed by atoms with Gasteiger partial charge in [-0.25, -0.2) is 0 Å². The van der Waals surface area contributed by atoms with Crippen molar-refractivity contribution < 1.29 is 4.79 Å². The van der Waals surface area contributed by atoms with E-state index >= 15 is 0 Å². The molecule has 0 fully saturated rings. The molecule has 0 bridgehead atoms. The van der Waals surface area contributed by atoms with E-state index in [4.69, 9.17) is 0 Å². The molecule has 1 N–H and O–H groups in total. The first kappa shape index (κ1) is 14.5. The summed E-state index contributed by atoms with van der Waals surface area (Å²) < 4.78 is 0. The zero-order valence-corrected chi connectivity index (χ0v) is 12.9. The third kappa shape index (κ3) is 2.79. The van der Waals surface area contributed by atoms with Gasteiger partial charge in [0.15, 0.2) is 11.5 Å². The highest BCUT2D eigenvalue weighted by Crippen LogP contribution is 2.25. The van der Waals surface area contributed by atoms with Gasteiger partial charge in [0.05, 0.1) is 0 Å². The topological polar surface area (TPSA) is 58.1 Å². The van der Waals surface area contributed by atoms with Crippen molar-refractivity contribution in [3.63, 3.8) is 0 Å². The number of fused-ring (bicyclic) bond motifs is 1. The van der Waals surface area contributed by atoms with Gasteiger partial charge < -0.3 is 10.2 Å². The molecule has 114 valence electrons. The third-order valence-corrected chi connectivity index (χ3v) is 4.34. The molecule has 1 heterocycles. The average molecular weight is 296 g/mol. The first-order valence-electron chi connectivity index (χ1n) is 7.54. The number of benzene rings is 1. The highest BCUT2D eigenvalue weighted by molar-refractivity contribution is 5.91. The smallest absolute Gasteiger partial charge is 0.271 e. The number of hydrogen-bond acceptors (Lipinski definition) is 4. The molecule has 1 unspecified atom stereocenters. The highest BCUT2D eigenvalue weighted by atomic mass is 16.1. The summed E-state index contributed by atoms with van der Waals surface area (Å²) in [5.41, 5.74) is 3.21. The Kier molecular flexibility index (Phi) is 4.04. The van der Waals surface area contributed by atoms with E-state index in [0.29, 0.717) is 11.7 Å². The van der Waals surface area contributed by atoms with E-state index in [1.54, 1.807) is 13.1 Å². The van der Waals surface area contributed by atoms with Crippen LogP contribution in [0.2, 0.25) is 0 Å². The number of carbonyl (C=O) groups is 1. The van der Waals surface area contributed by atoms with E-state index in [1.165, 1.54) is 11.1 Å². The summed E-state index contributed by atoms with van der Waals surface area (Å²) in [5.74, 6) is 0.588. The molecular formula is C17H20N4O. The van der Waals surface area contributed by atoms with Gasteiger partial charge in [0.1, 0.15) is 0 Å². The molecule has 22 heavy (non-hydrogen) atoms. The normalized spacial score (nSPS) is 16.7. The Labute approximate surface area is 130 Å². The molecular weight excluding hydrogens is 276 g/mol. The Morgan fingerprint density at radius 1 is 1.18 bits per heavy atom. The Hall–Kier alpha value is -2.43. The number of likely N-dealkylation sites (N-methyl/N-ethyl adjacent to an activating group) is 1. The number of nitrogens with one attached hydrogen (secondary N) is 1. The summed E-state index contributed by atoms with van der Waals surface area (Å²) in [4.78, 5) is 13.7. The molecule has 0 aliphatic heterocycles. The fraction of sp³-hybridized carbons (Fsp3) is 0.353. The van der Waals surface area contributed by atoms with Crippen LogP contribution in [0.3, 0.4) is 0 Å². The standard InChI is InChI=1S/C17H20N4O/c1-18-17(22)15-9-10-16(20-19-15)21(2)14-8-7-12-5-3-4-6-13(12)11-14/h3-6,9-10,14H,7-8,11H2,1-2H3,(H,18,22). The summed E-state index contributed by atoms with van der Waals surface area (Å²) >= 11 is 0. The second-order valence-electron chi connectivity index (χ2n) is 5.63. The van der Waals surface area contributed by atoms with Crippen LogP contribution in [0.15, 0.2) is 36.4 Å². The van der Waals surface area contributed by atoms with Gasteiger partial charge in [0.25, 0.3) is 5.91 Å². The number of nitrogens with zero attached hydrogens (tertiary/aromatic N) is 3. The van der Waals surface area contributed by atoms with E-state index in [1.807, 2.05) is 13.1 Å². The van der Waals surface area contributed by atoms with Gasteiger partial charge in [0, 0.05) is 20.1 Å². The molecule has 1 aromatic carbocycles. The van der Waals surface area contributed by atoms with Crippen molar-refractivity contribution in [3.05, 3.63) is 53.2 Å². The van der Waals surface area contributed by atoms with Crippen LogP contribution in [0, 0.1) is 0 Å². The lowest BCUT2D eigenvalue weighted by Crippen LogP contribution is -2.37. The van der Waals surface area contributed by atoms with Gasteiger partial charge in [-0.05, 0) is 42.5 Å². The van der Waals surface area contributed by atoms with Crippen LogP contribution in [0.1, 0.15) is 28.0 Å². The van der Waals surface area contributed by atoms with E-state index in [2.05, 4.69) is 44.7 Å². The largest absolute Gasteiger partial charge is 0.355 e. The van der Waals surface area contributed by atoms with Crippen molar-refractivity contribution in [2.75, 3.05) is 19.0 Å². The predicted molar refractivity (Wildman–Crippen MR) is 86.1 cm³/mol. The summed E-state index contributed by atoms with van der Waals surface area (Å²) in [5, 5.41) is 10.7. The monoisotopic (exact) mass is 296 g/mol. The third-order valence-electron chi connectivity index (χ3n) is 4.34. The van der Waals surface area contributed by atoms with Gasteiger partial charge >= 0.3 is 0 Å². The average Bonchev–Trinajstić information content (AvgIpc) is 2.60. The predicted octanol–water partition coefficient (Wildman–Crippen LogP) is 1.83. The first-order chi connectivity index (χ1) is 10.7. The molecule has 1 aliphatic rings. The molecule has 5 nitrogen and oxygen atoms in total. The molecule has 0 saturated heterocycles. The quantitative estimate of drug-likeness (QED) is 0.939. The van der Waals surface area contributed by atoms with Gasteiger partial charge in [0.2, 0.25) is 0 Å². The van der Waals surface area contributed by atoms with E-state index < -0.39 is 0 Å². The van der Waals surface area contributed by atoms with Crippen molar-refractivity contribution >= 4 is 11.7 Å². The molecule has 0 spiro atoms. The molecule has 5 heteroatoms. The van der Waals surface area contributed by atoms with Gasteiger partial charge in [-0.1, -0.05) is 24.3 Å². The molecule has 1 aliphatic carbocycles. The number of aromatic nitrogens is 2. The van der Waals surface area contributed by atoms with Crippen molar-refractivity contribution in [1.82, 2.24) is 15.5 Å². The van der Waals surface area contributed by atoms with E-state index in [9.17, 15) is 4.79 Å². The lowest BCUT2D eigenvalue weighted by molar-refractivity contribution is 0.0957. The lowest BCUT2D eigenvalue weighted by atomic mass is 9.88. The Morgan fingerprint density at radius 3 is 2.64 bits per heavy atom. The maximum absolute atomic E-state index is 11.5. The Morgan fingerprint density at radius 2 is 1.95 bits per heavy atom. The zero-order chi connectivity index (χ0) is 15.5. The SMILES string of the molecule is CNC(=O)c1ccc(N(C)C2CCc3ccccc3C2)nn1. The highest BCUT2D eigenvalue weighted by Gasteiger charge is 2.23. The number of hydrogen-bond donors (Lipinski definition) is 1. The van der Waals surface area contributed by atoms with Gasteiger partial charge in [-0.2, -0.15) is 0 Å². The number of aryl methyl sites for hydroxylation is 1. The second kappa shape index (κ2) is 6.13. The van der Waals surface area contributed by atoms with Crippen molar-refractivity contribution in [3.8, 4) is 0 Å². The van der Waals surface area contributed by atoms with Crippen LogP contribution >= 0.6 is 0 Å². The van der Waals surface area contributed by atoms with Crippen LogP contribution in [0.4, 0.5) is 5.82 Å². The lowest BCUT2D eigenvalue weighted by Gasteiger charge is -2.33. The summed E-state index contributed by atoms with van der Waals surface area (Å²) in [6.07, 6.45) is 3.22. The summed E-state index contributed by atoms with van der Waals surface area (Å²) in [7, 11) is 3.63. The van der Waals surface area contributed by atoms with Crippen molar-refractivity contribution in [2.45, 2.75) is 25.3 Å². The van der Waals surface area contributed by atoms with E-state index in [0.717, 1.165) is 25.1 Å².